The number of anilines is 1. The highest BCUT2D eigenvalue weighted by Crippen LogP contribution is 2.39. The predicted octanol–water partition coefficient (Wildman–Crippen LogP) is 4.29. The highest BCUT2D eigenvalue weighted by molar-refractivity contribution is 8.13. The Morgan fingerprint density at radius 2 is 2.06 bits per heavy atom. The minimum atomic E-state index is -1.78. The van der Waals surface area contributed by atoms with Crippen LogP contribution >= 0.6 is 11.8 Å². The number of aromatic nitrogens is 1. The molecule has 0 bridgehead atoms. The lowest BCUT2D eigenvalue weighted by molar-refractivity contribution is 0.102. The van der Waals surface area contributed by atoms with Gasteiger partial charge in [0, 0.05) is 23.5 Å². The molecule has 1 aromatic carbocycles. The molecule has 2 rings (SSSR count). The molecule has 0 saturated carbocycles. The number of carbonyl (C=O) groups is 1. The molecule has 1 amide bonds. The Morgan fingerprint density at radius 3 is 2.58 bits per heavy atom. The van der Waals surface area contributed by atoms with Crippen molar-refractivity contribution in [2.45, 2.75) is 26.3 Å². The number of carbonyl (C=O) groups excluding carboxylic acids is 1. The first kappa shape index (κ1) is 24.2. The standard InChI is InChI=1S/C21H22F3N5OS/c1-11(2)21(10-22,29-20(26)31-4)15-6-14(7-16(23)17(15)24)28-19(30)18-12(3)5-13(8-25)9-27-18/h5-7,9,11H,10H2,1-4H3,(H2,26,29)(H,28,30)/t21-/m0/s1. The van der Waals surface area contributed by atoms with Crippen LogP contribution in [0.4, 0.5) is 18.9 Å². The van der Waals surface area contributed by atoms with E-state index < -0.39 is 35.7 Å². The number of aryl methyl sites for hydroxylation is 1. The molecule has 1 heterocycles. The summed E-state index contributed by atoms with van der Waals surface area (Å²) in [5, 5.41) is 11.4. The number of nitrogens with two attached hydrogens (primary N) is 1. The van der Waals surface area contributed by atoms with Gasteiger partial charge in [-0.2, -0.15) is 5.26 Å². The van der Waals surface area contributed by atoms with Crippen molar-refractivity contribution in [3.8, 4) is 6.07 Å². The molecule has 0 unspecified atom stereocenters. The third-order valence-electron chi connectivity index (χ3n) is 4.85. The van der Waals surface area contributed by atoms with Gasteiger partial charge in [0.1, 0.15) is 24.0 Å². The molecule has 0 aliphatic carbocycles. The third-order valence-corrected chi connectivity index (χ3v) is 5.36. The number of amidine groups is 1. The molecule has 1 atom stereocenters. The number of halogens is 3. The molecular weight excluding hydrogens is 427 g/mol. The summed E-state index contributed by atoms with van der Waals surface area (Å²) < 4.78 is 43.5. The van der Waals surface area contributed by atoms with Crippen LogP contribution in [0.15, 0.2) is 29.4 Å². The Bertz CT molecular complexity index is 1070. The van der Waals surface area contributed by atoms with E-state index in [1.807, 2.05) is 6.07 Å². The molecule has 31 heavy (non-hydrogen) atoms. The Kier molecular flexibility index (Phi) is 7.68. The van der Waals surface area contributed by atoms with Gasteiger partial charge in [-0.25, -0.2) is 23.1 Å². The molecule has 0 spiro atoms. The highest BCUT2D eigenvalue weighted by atomic mass is 32.2. The summed E-state index contributed by atoms with van der Waals surface area (Å²) in [5.74, 6) is -3.81. The van der Waals surface area contributed by atoms with Crippen LogP contribution in [-0.4, -0.2) is 29.0 Å². The number of alkyl halides is 1. The van der Waals surface area contributed by atoms with E-state index >= 15 is 0 Å². The van der Waals surface area contributed by atoms with Crippen molar-refractivity contribution < 1.29 is 18.0 Å². The lowest BCUT2D eigenvalue weighted by Gasteiger charge is -2.32. The second kappa shape index (κ2) is 9.83. The maximum absolute atomic E-state index is 14.8. The first-order chi connectivity index (χ1) is 14.6. The largest absolute Gasteiger partial charge is 0.379 e. The van der Waals surface area contributed by atoms with Gasteiger partial charge in [-0.05, 0) is 36.8 Å². The summed E-state index contributed by atoms with van der Waals surface area (Å²) in [6.45, 7) is 3.69. The van der Waals surface area contributed by atoms with Crippen molar-refractivity contribution >= 4 is 28.5 Å². The van der Waals surface area contributed by atoms with Crippen molar-refractivity contribution in [3.05, 3.63) is 58.4 Å². The molecule has 2 aromatic rings. The molecule has 3 N–H and O–H groups in total. The van der Waals surface area contributed by atoms with Gasteiger partial charge in [0.15, 0.2) is 16.8 Å². The average molecular weight is 450 g/mol. The first-order valence-corrected chi connectivity index (χ1v) is 10.4. The number of pyridine rings is 1. The topological polar surface area (TPSA) is 104 Å². The van der Waals surface area contributed by atoms with Crippen LogP contribution in [-0.2, 0) is 5.54 Å². The fourth-order valence-electron chi connectivity index (χ4n) is 3.04. The predicted molar refractivity (Wildman–Crippen MR) is 116 cm³/mol. The van der Waals surface area contributed by atoms with Gasteiger partial charge < -0.3 is 11.1 Å². The summed E-state index contributed by atoms with van der Waals surface area (Å²) >= 11 is 1.05. The number of nitrogens with zero attached hydrogens (tertiary/aromatic N) is 3. The fourth-order valence-corrected chi connectivity index (χ4v) is 3.29. The lowest BCUT2D eigenvalue weighted by Crippen LogP contribution is -2.36. The smallest absolute Gasteiger partial charge is 0.274 e. The van der Waals surface area contributed by atoms with E-state index in [0.29, 0.717) is 5.56 Å². The zero-order valence-electron chi connectivity index (χ0n) is 17.5. The molecule has 0 aliphatic rings. The molecule has 1 aromatic heterocycles. The van der Waals surface area contributed by atoms with Crippen molar-refractivity contribution in [2.75, 3.05) is 18.2 Å². The molecule has 0 aliphatic heterocycles. The second-order valence-corrected chi connectivity index (χ2v) is 7.97. The van der Waals surface area contributed by atoms with Gasteiger partial charge >= 0.3 is 0 Å². The highest BCUT2D eigenvalue weighted by Gasteiger charge is 2.40. The number of hydrogen-bond donors (Lipinski definition) is 2. The van der Waals surface area contributed by atoms with Gasteiger partial charge in [-0.15, -0.1) is 0 Å². The Hall–Kier alpha value is -3.06. The van der Waals surface area contributed by atoms with Crippen LogP contribution in [0.25, 0.3) is 0 Å². The molecular formula is C21H22F3N5OS. The minimum absolute atomic E-state index is 0.00976. The number of nitrogens with one attached hydrogen (secondary N) is 1. The van der Waals surface area contributed by atoms with Gasteiger partial charge in [0.25, 0.3) is 5.91 Å². The lowest BCUT2D eigenvalue weighted by atomic mass is 9.81. The van der Waals surface area contributed by atoms with Crippen LogP contribution in [0.2, 0.25) is 0 Å². The van der Waals surface area contributed by atoms with E-state index in [-0.39, 0.29) is 27.7 Å². The Morgan fingerprint density at radius 1 is 1.39 bits per heavy atom. The number of benzene rings is 1. The average Bonchev–Trinajstić information content (AvgIpc) is 2.73. The quantitative estimate of drug-likeness (QED) is 0.506. The summed E-state index contributed by atoms with van der Waals surface area (Å²) in [6, 6.07) is 5.33. The van der Waals surface area contributed by atoms with Crippen molar-refractivity contribution in [2.24, 2.45) is 16.6 Å². The normalized spacial score (nSPS) is 13.6. The minimum Gasteiger partial charge on any atom is -0.379 e. The van der Waals surface area contributed by atoms with E-state index in [9.17, 15) is 18.0 Å². The van der Waals surface area contributed by atoms with Gasteiger partial charge in [-0.3, -0.25) is 4.79 Å². The third kappa shape index (κ3) is 4.99. The van der Waals surface area contributed by atoms with Crippen LogP contribution in [0.3, 0.4) is 0 Å². The number of nitriles is 1. The summed E-state index contributed by atoms with van der Waals surface area (Å²) in [7, 11) is 0. The maximum atomic E-state index is 14.8. The molecule has 0 fully saturated rings. The van der Waals surface area contributed by atoms with E-state index in [1.165, 1.54) is 12.3 Å². The molecule has 0 radical (unpaired) electrons. The summed E-state index contributed by atoms with van der Waals surface area (Å²) in [4.78, 5) is 20.7. The second-order valence-electron chi connectivity index (χ2n) is 7.14. The van der Waals surface area contributed by atoms with Crippen LogP contribution < -0.4 is 11.1 Å². The number of rotatable bonds is 6. The van der Waals surface area contributed by atoms with Gasteiger partial charge in [0.05, 0.1) is 5.56 Å². The van der Waals surface area contributed by atoms with E-state index in [2.05, 4.69) is 15.3 Å². The monoisotopic (exact) mass is 449 g/mol. The summed E-state index contributed by atoms with van der Waals surface area (Å²) in [6.07, 6.45) is 2.86. The number of hydrogen-bond acceptors (Lipinski definition) is 5. The number of thioether (sulfide) groups is 1. The zero-order valence-corrected chi connectivity index (χ0v) is 18.3. The van der Waals surface area contributed by atoms with Crippen LogP contribution in [0.1, 0.15) is 41.0 Å². The SMILES string of the molecule is CSC(N)=N[C@](CF)(c1cc(NC(=O)c2ncc(C#N)cc2C)cc(F)c1F)C(C)C. The fraction of sp³-hybridized carbons (Fsp3) is 0.333. The molecule has 6 nitrogen and oxygen atoms in total. The molecule has 0 saturated heterocycles. The maximum Gasteiger partial charge on any atom is 0.274 e. The number of amides is 1. The van der Waals surface area contributed by atoms with Crippen LogP contribution in [0, 0.1) is 35.8 Å². The number of aliphatic imine (C=N–C) groups is 1. The molecule has 10 heteroatoms. The van der Waals surface area contributed by atoms with Crippen molar-refractivity contribution in [1.82, 2.24) is 4.98 Å². The first-order valence-electron chi connectivity index (χ1n) is 9.22. The van der Waals surface area contributed by atoms with E-state index in [0.717, 1.165) is 23.9 Å². The summed E-state index contributed by atoms with van der Waals surface area (Å²) in [5.41, 5.74) is 4.24. The molecule has 164 valence electrons. The van der Waals surface area contributed by atoms with Gasteiger partial charge in [0.2, 0.25) is 0 Å². The Balaban J connectivity index is 2.56. The van der Waals surface area contributed by atoms with E-state index in [1.54, 1.807) is 27.0 Å². The van der Waals surface area contributed by atoms with E-state index in [4.69, 9.17) is 11.0 Å². The van der Waals surface area contributed by atoms with Gasteiger partial charge in [-0.1, -0.05) is 25.6 Å². The van der Waals surface area contributed by atoms with Crippen molar-refractivity contribution in [3.63, 3.8) is 0 Å². The van der Waals surface area contributed by atoms with Crippen LogP contribution in [0.5, 0.6) is 0 Å². The zero-order chi connectivity index (χ0) is 23.3. The Labute approximate surface area is 182 Å². The van der Waals surface area contributed by atoms with Crippen molar-refractivity contribution in [1.29, 1.82) is 5.26 Å².